The molecule has 0 bridgehead atoms. The normalized spacial score (nSPS) is 11.8. The first-order valence-electron chi connectivity index (χ1n) is 7.71. The fourth-order valence-corrected chi connectivity index (χ4v) is 2.61. The van der Waals surface area contributed by atoms with Crippen molar-refractivity contribution in [2.45, 2.75) is 24.9 Å². The van der Waals surface area contributed by atoms with Crippen molar-refractivity contribution >= 4 is 41.7 Å². The predicted octanol–water partition coefficient (Wildman–Crippen LogP) is 3.94. The molecule has 1 aromatic carbocycles. The van der Waals surface area contributed by atoms with E-state index in [0.29, 0.717) is 31.2 Å². The molecule has 150 valence electrons. The lowest BCUT2D eigenvalue weighted by atomic mass is 10.1. The third kappa shape index (κ3) is 11.1. The van der Waals surface area contributed by atoms with Gasteiger partial charge < -0.3 is 15.4 Å². The molecule has 1 aromatic rings. The van der Waals surface area contributed by atoms with Gasteiger partial charge in [-0.05, 0) is 35.9 Å². The number of hydrogen-bond acceptors (Lipinski definition) is 3. The van der Waals surface area contributed by atoms with E-state index in [9.17, 15) is 17.6 Å². The molecule has 0 aliphatic heterocycles. The first kappa shape index (κ1) is 25.2. The van der Waals surface area contributed by atoms with Crippen molar-refractivity contribution in [1.29, 1.82) is 0 Å². The van der Waals surface area contributed by atoms with Crippen LogP contribution in [0, 0.1) is 5.82 Å². The first-order chi connectivity index (χ1) is 11.9. The number of thioether (sulfide) groups is 1. The highest BCUT2D eigenvalue weighted by molar-refractivity contribution is 14.0. The highest BCUT2D eigenvalue weighted by Gasteiger charge is 2.27. The fraction of sp³-hybridized carbons (Fsp3) is 0.562. The topological polar surface area (TPSA) is 45.7 Å². The largest absolute Gasteiger partial charge is 0.411 e. The second-order valence-electron chi connectivity index (χ2n) is 5.22. The Morgan fingerprint density at radius 2 is 1.96 bits per heavy atom. The summed E-state index contributed by atoms with van der Waals surface area (Å²) in [6.45, 7) is -0.318. The smallest absolute Gasteiger partial charge is 0.372 e. The first-order valence-corrected chi connectivity index (χ1v) is 9.10. The van der Waals surface area contributed by atoms with Crippen molar-refractivity contribution in [3.8, 4) is 0 Å². The Kier molecular flexibility index (Phi) is 13.0. The average molecular weight is 509 g/mol. The van der Waals surface area contributed by atoms with Crippen molar-refractivity contribution in [3.63, 3.8) is 0 Å². The van der Waals surface area contributed by atoms with E-state index in [1.165, 1.54) is 12.1 Å². The third-order valence-electron chi connectivity index (χ3n) is 3.16. The third-order valence-corrected chi connectivity index (χ3v) is 3.76. The zero-order valence-corrected chi connectivity index (χ0v) is 17.8. The molecule has 2 N–H and O–H groups in total. The van der Waals surface area contributed by atoms with E-state index < -0.39 is 12.8 Å². The molecule has 0 aromatic heterocycles. The minimum Gasteiger partial charge on any atom is -0.372 e. The average Bonchev–Trinajstić information content (AvgIpc) is 2.54. The van der Waals surface area contributed by atoms with Crippen molar-refractivity contribution in [3.05, 3.63) is 35.1 Å². The second kappa shape index (κ2) is 13.4. The van der Waals surface area contributed by atoms with E-state index >= 15 is 0 Å². The molecule has 4 nitrogen and oxygen atoms in total. The zero-order chi connectivity index (χ0) is 18.7. The van der Waals surface area contributed by atoms with Crippen LogP contribution in [-0.2, 0) is 17.0 Å². The Balaban J connectivity index is 0.00000625. The Labute approximate surface area is 172 Å². The lowest BCUT2D eigenvalue weighted by Gasteiger charge is -2.14. The van der Waals surface area contributed by atoms with Gasteiger partial charge in [0.25, 0.3) is 0 Å². The molecule has 0 unspecified atom stereocenters. The zero-order valence-electron chi connectivity index (χ0n) is 14.7. The quantitative estimate of drug-likeness (QED) is 0.174. The van der Waals surface area contributed by atoms with Crippen LogP contribution in [0.15, 0.2) is 23.2 Å². The van der Waals surface area contributed by atoms with Gasteiger partial charge in [-0.25, -0.2) is 4.39 Å². The highest BCUT2D eigenvalue weighted by atomic mass is 127. The van der Waals surface area contributed by atoms with Gasteiger partial charge in [-0.2, -0.15) is 24.9 Å². The summed E-state index contributed by atoms with van der Waals surface area (Å²) in [5.41, 5.74) is 1.88. The van der Waals surface area contributed by atoms with Gasteiger partial charge in [-0.1, -0.05) is 6.07 Å². The van der Waals surface area contributed by atoms with Crippen LogP contribution in [0.25, 0.3) is 0 Å². The molecule has 0 saturated heterocycles. The number of guanidine groups is 1. The van der Waals surface area contributed by atoms with Crippen molar-refractivity contribution in [2.24, 2.45) is 4.99 Å². The number of aliphatic imine (C=N–C) groups is 1. The summed E-state index contributed by atoms with van der Waals surface area (Å²) < 4.78 is 53.6. The molecule has 10 heteroatoms. The van der Waals surface area contributed by atoms with E-state index in [2.05, 4.69) is 20.4 Å². The van der Waals surface area contributed by atoms with Gasteiger partial charge in [0.2, 0.25) is 0 Å². The van der Waals surface area contributed by atoms with Crippen LogP contribution in [0.2, 0.25) is 0 Å². The minimum atomic E-state index is -4.30. The van der Waals surface area contributed by atoms with Crippen molar-refractivity contribution in [1.82, 2.24) is 10.6 Å². The van der Waals surface area contributed by atoms with E-state index in [-0.39, 0.29) is 36.4 Å². The van der Waals surface area contributed by atoms with Gasteiger partial charge in [-0.3, -0.25) is 4.99 Å². The Morgan fingerprint density at radius 3 is 2.58 bits per heavy atom. The molecule has 0 aliphatic rings. The summed E-state index contributed by atoms with van der Waals surface area (Å²) in [6.07, 6.45) is -1.93. The van der Waals surface area contributed by atoms with Gasteiger partial charge in [-0.15, -0.1) is 24.0 Å². The van der Waals surface area contributed by atoms with Gasteiger partial charge in [0.1, 0.15) is 12.4 Å². The van der Waals surface area contributed by atoms with E-state index in [1.807, 2.05) is 6.26 Å². The summed E-state index contributed by atoms with van der Waals surface area (Å²) >= 11 is 1.61. The van der Waals surface area contributed by atoms with Gasteiger partial charge in [0, 0.05) is 32.5 Å². The molecule has 0 saturated carbocycles. The highest BCUT2D eigenvalue weighted by Crippen LogP contribution is 2.16. The van der Waals surface area contributed by atoms with E-state index in [4.69, 9.17) is 0 Å². The minimum absolute atomic E-state index is 0. The standard InChI is InChI=1S/C16H23F4N3OS.HI/c1-21-15(22-6-3-7-24-11-16(18,19)20)23-9-12-4-5-14(17)8-13(12)10-25-2;/h4-5,8H,3,6-7,9-11H2,1-2H3,(H2,21,22,23);1H. The Bertz CT molecular complexity index is 559. The molecule has 0 heterocycles. The number of benzene rings is 1. The molecule has 0 spiro atoms. The van der Waals surface area contributed by atoms with E-state index in [1.54, 1.807) is 24.9 Å². The molecule has 26 heavy (non-hydrogen) atoms. The number of alkyl halides is 3. The number of nitrogens with one attached hydrogen (secondary N) is 2. The van der Waals surface area contributed by atoms with Gasteiger partial charge in [0.15, 0.2) is 5.96 Å². The van der Waals surface area contributed by atoms with Crippen LogP contribution in [0.3, 0.4) is 0 Å². The number of halogens is 5. The van der Waals surface area contributed by atoms with E-state index in [0.717, 1.165) is 11.1 Å². The number of rotatable bonds is 9. The number of nitrogens with zero attached hydrogens (tertiary/aromatic N) is 1. The Morgan fingerprint density at radius 1 is 1.23 bits per heavy atom. The van der Waals surface area contributed by atoms with Gasteiger partial charge in [0.05, 0.1) is 0 Å². The summed E-state index contributed by atoms with van der Waals surface area (Å²) in [7, 11) is 1.60. The lowest BCUT2D eigenvalue weighted by Crippen LogP contribution is -2.37. The van der Waals surface area contributed by atoms with Crippen LogP contribution >= 0.6 is 35.7 Å². The predicted molar refractivity (Wildman–Crippen MR) is 109 cm³/mol. The molecular formula is C16H24F4IN3OS. The maximum atomic E-state index is 13.3. The van der Waals surface area contributed by atoms with Crippen LogP contribution < -0.4 is 10.6 Å². The van der Waals surface area contributed by atoms with Crippen LogP contribution in [0.5, 0.6) is 0 Å². The number of hydrogen-bond donors (Lipinski definition) is 2. The molecule has 0 amide bonds. The van der Waals surface area contributed by atoms with Crippen molar-refractivity contribution in [2.75, 3.05) is 33.1 Å². The molecule has 0 atom stereocenters. The SMILES string of the molecule is CN=C(NCCCOCC(F)(F)F)NCc1ccc(F)cc1CSC.I. The maximum absolute atomic E-state index is 13.3. The monoisotopic (exact) mass is 509 g/mol. The van der Waals surface area contributed by atoms with Crippen LogP contribution in [-0.4, -0.2) is 45.2 Å². The molecule has 0 fully saturated rings. The molecule has 1 rings (SSSR count). The maximum Gasteiger partial charge on any atom is 0.411 e. The molecular weight excluding hydrogens is 485 g/mol. The summed E-state index contributed by atoms with van der Waals surface area (Å²) in [6, 6.07) is 4.66. The molecule has 0 aliphatic carbocycles. The summed E-state index contributed by atoms with van der Waals surface area (Å²) in [5, 5.41) is 6.10. The van der Waals surface area contributed by atoms with Crippen LogP contribution in [0.1, 0.15) is 17.5 Å². The fourth-order valence-electron chi connectivity index (χ4n) is 2.03. The molecule has 0 radical (unpaired) electrons. The van der Waals surface area contributed by atoms with Crippen LogP contribution in [0.4, 0.5) is 17.6 Å². The number of ether oxygens (including phenoxy) is 1. The Hall–Kier alpha value is -0.750. The summed E-state index contributed by atoms with van der Waals surface area (Å²) in [4.78, 5) is 4.05. The van der Waals surface area contributed by atoms with Gasteiger partial charge >= 0.3 is 6.18 Å². The lowest BCUT2D eigenvalue weighted by molar-refractivity contribution is -0.173. The van der Waals surface area contributed by atoms with Crippen molar-refractivity contribution < 1.29 is 22.3 Å². The second-order valence-corrected chi connectivity index (χ2v) is 6.09. The summed E-state index contributed by atoms with van der Waals surface area (Å²) in [5.74, 6) is 0.960.